The number of aliphatic hydroxyl groups is 1. The molecule has 5 unspecified atom stereocenters. The number of fused-ring (bicyclic) bond motifs is 1. The second-order valence-electron chi connectivity index (χ2n) is 10.2. The molecule has 0 saturated heterocycles. The summed E-state index contributed by atoms with van der Waals surface area (Å²) < 4.78 is 10.4. The van der Waals surface area contributed by atoms with Gasteiger partial charge in [0, 0.05) is 19.4 Å². The zero-order valence-electron chi connectivity index (χ0n) is 20.2. The van der Waals surface area contributed by atoms with Crippen LogP contribution in [0, 0.1) is 35.5 Å². The van der Waals surface area contributed by atoms with Crippen LogP contribution in [-0.2, 0) is 16.0 Å². The molecule has 4 nitrogen and oxygen atoms in total. The molecule has 4 heteroatoms. The maximum atomic E-state index is 11.6. The first-order chi connectivity index (χ1) is 15.5. The topological polar surface area (TPSA) is 59.7 Å². The summed E-state index contributed by atoms with van der Waals surface area (Å²) in [5.74, 6) is 4.03. The number of hydrogen-bond acceptors (Lipinski definition) is 4. The molecule has 1 heterocycles. The van der Waals surface area contributed by atoms with Crippen molar-refractivity contribution in [3.05, 3.63) is 48.0 Å². The number of carbonyl (C=O) groups excluding carboxylic acids is 1. The second-order valence-corrected chi connectivity index (χ2v) is 10.2. The van der Waals surface area contributed by atoms with Gasteiger partial charge in [-0.3, -0.25) is 4.79 Å². The molecule has 1 saturated carbocycles. The van der Waals surface area contributed by atoms with Crippen LogP contribution >= 0.6 is 0 Å². The predicted octanol–water partition coefficient (Wildman–Crippen LogP) is 6.36. The van der Waals surface area contributed by atoms with Crippen molar-refractivity contribution in [2.24, 2.45) is 35.5 Å². The highest BCUT2D eigenvalue weighted by atomic mass is 16.5. The molecule has 1 N–H and O–H groups in total. The normalized spacial score (nSPS) is 25.4. The van der Waals surface area contributed by atoms with Crippen molar-refractivity contribution < 1.29 is 19.1 Å². The molecule has 2 aliphatic carbocycles. The Balaban J connectivity index is 1.69. The number of allylic oxidation sites excluding steroid dienone is 4. The lowest BCUT2D eigenvalue weighted by Gasteiger charge is -2.42. The lowest BCUT2D eigenvalue weighted by Crippen LogP contribution is -2.33. The van der Waals surface area contributed by atoms with Gasteiger partial charge in [-0.1, -0.05) is 37.6 Å². The van der Waals surface area contributed by atoms with Gasteiger partial charge in [-0.25, -0.2) is 0 Å². The van der Waals surface area contributed by atoms with Gasteiger partial charge in [0.2, 0.25) is 0 Å². The summed E-state index contributed by atoms with van der Waals surface area (Å²) in [5.41, 5.74) is 1.43. The van der Waals surface area contributed by atoms with Crippen molar-refractivity contribution in [3.8, 4) is 0 Å². The largest absolute Gasteiger partial charge is 0.469 e. The zero-order chi connectivity index (χ0) is 22.9. The van der Waals surface area contributed by atoms with Crippen molar-refractivity contribution >= 4 is 5.97 Å². The first-order valence-electron chi connectivity index (χ1n) is 12.6. The maximum absolute atomic E-state index is 11.6. The summed E-state index contributed by atoms with van der Waals surface area (Å²) >= 11 is 0. The van der Waals surface area contributed by atoms with E-state index in [-0.39, 0.29) is 18.5 Å². The second kappa shape index (κ2) is 12.4. The van der Waals surface area contributed by atoms with Gasteiger partial charge in [0.05, 0.1) is 13.4 Å². The van der Waals surface area contributed by atoms with Crippen LogP contribution in [0.1, 0.15) is 71.0 Å². The third-order valence-corrected chi connectivity index (χ3v) is 7.64. The highest BCUT2D eigenvalue weighted by molar-refractivity contribution is 5.69. The first-order valence-corrected chi connectivity index (χ1v) is 12.6. The minimum atomic E-state index is -0.115. The number of rotatable bonds is 11. The lowest BCUT2D eigenvalue weighted by atomic mass is 9.63. The van der Waals surface area contributed by atoms with Crippen LogP contribution in [0.15, 0.2) is 46.6 Å². The van der Waals surface area contributed by atoms with E-state index in [4.69, 9.17) is 9.15 Å². The van der Waals surface area contributed by atoms with Gasteiger partial charge in [0.1, 0.15) is 5.76 Å². The monoisotopic (exact) mass is 442 g/mol. The molecule has 0 aromatic carbocycles. The highest BCUT2D eigenvalue weighted by Crippen LogP contribution is 2.46. The van der Waals surface area contributed by atoms with E-state index in [0.29, 0.717) is 30.1 Å². The molecule has 1 aromatic rings. The predicted molar refractivity (Wildman–Crippen MR) is 128 cm³/mol. The van der Waals surface area contributed by atoms with Crippen LogP contribution in [0.4, 0.5) is 0 Å². The Labute approximate surface area is 194 Å². The molecule has 1 aromatic heterocycles. The van der Waals surface area contributed by atoms with Crippen LogP contribution < -0.4 is 0 Å². The SMILES string of the molecule is COC(=O)CCC1=CC2CC(C(/C=C/C(C)C)C(CO)CCc3ccco3)CCC2CC1. The summed E-state index contributed by atoms with van der Waals surface area (Å²) in [6.45, 7) is 4.66. The molecular weight excluding hydrogens is 400 g/mol. The Morgan fingerprint density at radius 2 is 2.09 bits per heavy atom. The molecule has 178 valence electrons. The van der Waals surface area contributed by atoms with E-state index < -0.39 is 0 Å². The van der Waals surface area contributed by atoms with Gasteiger partial charge in [0.15, 0.2) is 0 Å². The molecule has 1 fully saturated rings. The Kier molecular flexibility index (Phi) is 9.65. The molecule has 0 aliphatic heterocycles. The number of methoxy groups -OCH3 is 1. The van der Waals surface area contributed by atoms with Crippen LogP contribution in [0.3, 0.4) is 0 Å². The third-order valence-electron chi connectivity index (χ3n) is 7.64. The van der Waals surface area contributed by atoms with Crippen molar-refractivity contribution in [2.45, 2.75) is 71.6 Å². The number of esters is 1. The third kappa shape index (κ3) is 7.10. The Hall–Kier alpha value is -1.81. The number of aryl methyl sites for hydroxylation is 1. The Morgan fingerprint density at radius 3 is 2.78 bits per heavy atom. The van der Waals surface area contributed by atoms with E-state index in [1.165, 1.54) is 38.4 Å². The molecule has 0 bridgehead atoms. The van der Waals surface area contributed by atoms with Gasteiger partial charge in [-0.05, 0) is 92.6 Å². The van der Waals surface area contributed by atoms with Crippen LogP contribution in [0.25, 0.3) is 0 Å². The summed E-state index contributed by atoms with van der Waals surface area (Å²) in [6.07, 6.45) is 18.2. The number of ether oxygens (including phenoxy) is 1. The number of hydrogen-bond donors (Lipinski definition) is 1. The maximum Gasteiger partial charge on any atom is 0.305 e. The van der Waals surface area contributed by atoms with Crippen molar-refractivity contribution in [1.29, 1.82) is 0 Å². The summed E-state index contributed by atoms with van der Waals surface area (Å²) in [6, 6.07) is 3.97. The smallest absolute Gasteiger partial charge is 0.305 e. The van der Waals surface area contributed by atoms with E-state index in [9.17, 15) is 9.90 Å². The molecule has 0 spiro atoms. The van der Waals surface area contributed by atoms with Gasteiger partial charge in [-0.2, -0.15) is 0 Å². The minimum Gasteiger partial charge on any atom is -0.469 e. The van der Waals surface area contributed by atoms with Crippen LogP contribution in [-0.4, -0.2) is 24.8 Å². The molecule has 32 heavy (non-hydrogen) atoms. The fourth-order valence-electron chi connectivity index (χ4n) is 5.78. The highest BCUT2D eigenvalue weighted by Gasteiger charge is 2.36. The van der Waals surface area contributed by atoms with E-state index in [2.05, 4.69) is 32.1 Å². The van der Waals surface area contributed by atoms with E-state index in [0.717, 1.165) is 37.4 Å². The van der Waals surface area contributed by atoms with Gasteiger partial charge >= 0.3 is 5.97 Å². The molecular formula is C28H42O4. The summed E-state index contributed by atoms with van der Waals surface area (Å²) in [5, 5.41) is 10.3. The van der Waals surface area contributed by atoms with Crippen molar-refractivity contribution in [3.63, 3.8) is 0 Å². The average Bonchev–Trinajstić information content (AvgIpc) is 3.32. The van der Waals surface area contributed by atoms with Crippen LogP contribution in [0.5, 0.6) is 0 Å². The van der Waals surface area contributed by atoms with Crippen LogP contribution in [0.2, 0.25) is 0 Å². The Bertz CT molecular complexity index is 745. The lowest BCUT2D eigenvalue weighted by molar-refractivity contribution is -0.140. The van der Waals surface area contributed by atoms with E-state index in [1.807, 2.05) is 12.1 Å². The molecule has 0 radical (unpaired) electrons. The zero-order valence-corrected chi connectivity index (χ0v) is 20.2. The van der Waals surface area contributed by atoms with E-state index >= 15 is 0 Å². The van der Waals surface area contributed by atoms with E-state index in [1.54, 1.807) is 6.26 Å². The van der Waals surface area contributed by atoms with Crippen molar-refractivity contribution in [1.82, 2.24) is 0 Å². The minimum absolute atomic E-state index is 0.115. The summed E-state index contributed by atoms with van der Waals surface area (Å²) in [4.78, 5) is 11.6. The van der Waals surface area contributed by atoms with Gasteiger partial charge in [0.25, 0.3) is 0 Å². The average molecular weight is 443 g/mol. The molecule has 5 atom stereocenters. The van der Waals surface area contributed by atoms with Gasteiger partial charge in [-0.15, -0.1) is 0 Å². The quantitative estimate of drug-likeness (QED) is 0.320. The molecule has 3 rings (SSSR count). The van der Waals surface area contributed by atoms with Crippen molar-refractivity contribution in [2.75, 3.05) is 13.7 Å². The summed E-state index contributed by atoms with van der Waals surface area (Å²) in [7, 11) is 1.47. The standard InChI is InChI=1S/C28H42O4/c1-20(2)6-14-27(24(19-29)12-13-26-5-4-16-32-26)23-11-10-22-9-7-21(17-25(22)18-23)8-15-28(30)31-3/h4-6,14,16-17,20,22-25,27,29H,7-13,15,18-19H2,1-3H3/b14-6+. The number of carbonyl (C=O) groups is 1. The molecule has 2 aliphatic rings. The fourth-order valence-corrected chi connectivity index (χ4v) is 5.78. The Morgan fingerprint density at radius 1 is 1.25 bits per heavy atom. The number of furan rings is 1. The molecule has 0 amide bonds. The van der Waals surface area contributed by atoms with Gasteiger partial charge < -0.3 is 14.3 Å². The first kappa shape index (κ1) is 24.8. The number of aliphatic hydroxyl groups excluding tert-OH is 1. The fraction of sp³-hybridized carbons (Fsp3) is 0.679.